The van der Waals surface area contributed by atoms with Crippen LogP contribution < -0.4 is 0 Å². The van der Waals surface area contributed by atoms with Gasteiger partial charge in [0.1, 0.15) is 17.3 Å². The molecule has 0 aliphatic rings. The van der Waals surface area contributed by atoms with Crippen LogP contribution >= 0.6 is 0 Å². The first-order chi connectivity index (χ1) is 11.1. The van der Waals surface area contributed by atoms with Crippen LogP contribution in [0, 0.1) is 0 Å². The Morgan fingerprint density at radius 2 is 1.12 bits per heavy atom. The zero-order valence-electron chi connectivity index (χ0n) is 15.3. The number of hydrogen-bond donors (Lipinski definition) is 0. The van der Waals surface area contributed by atoms with Crippen molar-refractivity contribution in [1.29, 1.82) is 0 Å². The molecule has 1 aromatic rings. The van der Waals surface area contributed by atoms with E-state index in [1.807, 2.05) is 11.6 Å². The number of nitrogens with zero attached hydrogens (tertiary/aromatic N) is 1. The largest absolute Gasteiger partial charge is 0.351 e. The first-order valence-electron chi connectivity index (χ1n) is 8.33. The van der Waals surface area contributed by atoms with Gasteiger partial charge in [0.2, 0.25) is 0 Å². The molecule has 24 heavy (non-hydrogen) atoms. The lowest BCUT2D eigenvalue weighted by Gasteiger charge is -2.08. The Hall–Kier alpha value is -2.04. The molecule has 5 heteroatoms. The van der Waals surface area contributed by atoms with Crippen LogP contribution in [0.25, 0.3) is 0 Å². The number of aromatic nitrogens is 1. The summed E-state index contributed by atoms with van der Waals surface area (Å²) in [4.78, 5) is 46.3. The van der Waals surface area contributed by atoms with Gasteiger partial charge in [0, 0.05) is 43.3 Å². The maximum atomic E-state index is 12.2. The average molecular weight is 333 g/mol. The molecule has 1 aromatic heterocycles. The lowest BCUT2D eigenvalue weighted by molar-refractivity contribution is -0.117. The maximum absolute atomic E-state index is 12.2. The first-order valence-corrected chi connectivity index (χ1v) is 8.33. The minimum atomic E-state index is -0.0585. The number of hydrogen-bond acceptors (Lipinski definition) is 4. The molecule has 0 fully saturated rings. The molecule has 0 spiro atoms. The third-order valence-corrected chi connectivity index (χ3v) is 4.26. The number of rotatable bonds is 10. The molecule has 0 radical (unpaired) electrons. The van der Waals surface area contributed by atoms with Crippen molar-refractivity contribution in [2.75, 3.05) is 0 Å². The molecule has 0 aliphatic carbocycles. The quantitative estimate of drug-likeness (QED) is 0.617. The van der Waals surface area contributed by atoms with Crippen molar-refractivity contribution in [2.24, 2.45) is 7.05 Å². The van der Waals surface area contributed by atoms with E-state index in [1.54, 1.807) is 6.92 Å². The summed E-state index contributed by atoms with van der Waals surface area (Å²) in [5, 5.41) is 0. The third-order valence-electron chi connectivity index (χ3n) is 4.26. The summed E-state index contributed by atoms with van der Waals surface area (Å²) in [6, 6.07) is 0. The highest BCUT2D eigenvalue weighted by Gasteiger charge is 2.23. The number of ketones is 4. The molecule has 1 heterocycles. The van der Waals surface area contributed by atoms with E-state index in [-0.39, 0.29) is 23.1 Å². The zero-order valence-corrected chi connectivity index (χ0v) is 15.3. The molecule has 0 atom stereocenters. The van der Waals surface area contributed by atoms with Crippen molar-refractivity contribution in [3.63, 3.8) is 0 Å². The fourth-order valence-electron chi connectivity index (χ4n) is 3.04. The smallest absolute Gasteiger partial charge is 0.161 e. The van der Waals surface area contributed by atoms with Gasteiger partial charge in [-0.1, -0.05) is 0 Å². The van der Waals surface area contributed by atoms with E-state index in [0.29, 0.717) is 44.1 Å². The summed E-state index contributed by atoms with van der Waals surface area (Å²) < 4.78 is 1.94. The van der Waals surface area contributed by atoms with Gasteiger partial charge in [-0.15, -0.1) is 0 Å². The maximum Gasteiger partial charge on any atom is 0.161 e. The van der Waals surface area contributed by atoms with Crippen molar-refractivity contribution in [2.45, 2.75) is 66.2 Å². The fourth-order valence-corrected chi connectivity index (χ4v) is 3.04. The predicted octanol–water partition coefficient (Wildman–Crippen LogP) is 2.79. The van der Waals surface area contributed by atoms with Crippen LogP contribution in [0.4, 0.5) is 0 Å². The van der Waals surface area contributed by atoms with Gasteiger partial charge >= 0.3 is 0 Å². The molecule has 0 N–H and O–H groups in total. The minimum absolute atomic E-state index is 0.0585. The normalized spacial score (nSPS) is 10.7. The molecule has 0 unspecified atom stereocenters. The summed E-state index contributed by atoms with van der Waals surface area (Å²) in [5.41, 5.74) is 3.24. The fraction of sp³-hybridized carbons (Fsp3) is 0.579. The number of Topliss-reactive ketones (excluding diaryl/α,β-unsaturated/α-hetero) is 4. The van der Waals surface area contributed by atoms with Crippen LogP contribution in [0.1, 0.15) is 74.3 Å². The van der Waals surface area contributed by atoms with E-state index in [1.165, 1.54) is 20.8 Å². The van der Waals surface area contributed by atoms with E-state index >= 15 is 0 Å². The van der Waals surface area contributed by atoms with Crippen LogP contribution in [-0.4, -0.2) is 27.7 Å². The topological polar surface area (TPSA) is 73.2 Å². The van der Waals surface area contributed by atoms with Gasteiger partial charge < -0.3 is 19.0 Å². The van der Waals surface area contributed by atoms with Crippen LogP contribution in [0.2, 0.25) is 0 Å². The van der Waals surface area contributed by atoms with Crippen molar-refractivity contribution < 1.29 is 19.2 Å². The van der Waals surface area contributed by atoms with Gasteiger partial charge in [-0.25, -0.2) is 0 Å². The summed E-state index contributed by atoms with van der Waals surface area (Å²) >= 11 is 0. The number of carbonyl (C=O) groups excluding carboxylic acids is 4. The van der Waals surface area contributed by atoms with Gasteiger partial charge in [-0.2, -0.15) is 0 Å². The van der Waals surface area contributed by atoms with E-state index in [0.717, 1.165) is 17.0 Å². The van der Waals surface area contributed by atoms with E-state index in [2.05, 4.69) is 0 Å². The highest BCUT2D eigenvalue weighted by molar-refractivity contribution is 5.97. The van der Waals surface area contributed by atoms with Crippen molar-refractivity contribution in [3.05, 3.63) is 22.5 Å². The molecule has 0 aromatic carbocycles. The van der Waals surface area contributed by atoms with E-state index in [4.69, 9.17) is 0 Å². The highest BCUT2D eigenvalue weighted by Crippen LogP contribution is 2.27. The Morgan fingerprint density at radius 3 is 1.54 bits per heavy atom. The van der Waals surface area contributed by atoms with Crippen molar-refractivity contribution in [3.8, 4) is 0 Å². The lowest BCUT2D eigenvalue weighted by atomic mass is 9.96. The van der Waals surface area contributed by atoms with Crippen LogP contribution in [0.3, 0.4) is 0 Å². The molecule has 132 valence electrons. The SMILES string of the molecule is CC(=O)CCc1c(C(C)=O)c(CCC(C)=O)n(C)c1CCC(C)=O. The molecular formula is C19H27NO4. The standard InChI is InChI=1S/C19H27NO4/c1-12(21)6-9-16-17(10-7-13(2)22)20(5)18(11-8-14(3)23)19(16)15(4)24/h6-11H2,1-5H3. The van der Waals surface area contributed by atoms with Gasteiger partial charge in [0.25, 0.3) is 0 Å². The summed E-state index contributed by atoms with van der Waals surface area (Å²) in [5.74, 6) is 0.164. The van der Waals surface area contributed by atoms with Gasteiger partial charge in [-0.05, 0) is 52.5 Å². The second-order valence-corrected chi connectivity index (χ2v) is 6.47. The highest BCUT2D eigenvalue weighted by atomic mass is 16.1. The monoisotopic (exact) mass is 333 g/mol. The Morgan fingerprint density at radius 1 is 0.708 bits per heavy atom. The molecule has 1 rings (SSSR count). The molecule has 0 aliphatic heterocycles. The Labute approximate surface area is 143 Å². The molecule has 0 saturated carbocycles. The van der Waals surface area contributed by atoms with Gasteiger partial charge in [0.05, 0.1) is 0 Å². The second kappa shape index (κ2) is 8.71. The van der Waals surface area contributed by atoms with E-state index in [9.17, 15) is 19.2 Å². The first kappa shape index (κ1) is 20.0. The van der Waals surface area contributed by atoms with Gasteiger partial charge in [-0.3, -0.25) is 4.79 Å². The average Bonchev–Trinajstić information content (AvgIpc) is 2.72. The van der Waals surface area contributed by atoms with Crippen molar-refractivity contribution in [1.82, 2.24) is 4.57 Å². The van der Waals surface area contributed by atoms with Gasteiger partial charge in [0.15, 0.2) is 5.78 Å². The molecule has 0 bridgehead atoms. The van der Waals surface area contributed by atoms with Crippen LogP contribution in [-0.2, 0) is 40.7 Å². The molecule has 0 saturated heterocycles. The number of carbonyl (C=O) groups is 4. The predicted molar refractivity (Wildman–Crippen MR) is 92.4 cm³/mol. The summed E-state index contributed by atoms with van der Waals surface area (Å²) in [6.07, 6.45) is 2.66. The summed E-state index contributed by atoms with van der Waals surface area (Å²) in [6.45, 7) is 6.12. The second-order valence-electron chi connectivity index (χ2n) is 6.47. The minimum Gasteiger partial charge on any atom is -0.351 e. The van der Waals surface area contributed by atoms with E-state index < -0.39 is 0 Å². The van der Waals surface area contributed by atoms with Crippen LogP contribution in [0.15, 0.2) is 0 Å². The van der Waals surface area contributed by atoms with Crippen molar-refractivity contribution >= 4 is 23.1 Å². The Bertz CT molecular complexity index is 667. The molecule has 5 nitrogen and oxygen atoms in total. The Kier molecular flexibility index (Phi) is 7.26. The summed E-state index contributed by atoms with van der Waals surface area (Å²) in [7, 11) is 1.87. The third kappa shape index (κ3) is 5.25. The lowest BCUT2D eigenvalue weighted by Crippen LogP contribution is -2.07. The molecule has 0 amide bonds. The molecular weight excluding hydrogens is 306 g/mol. The zero-order chi connectivity index (χ0) is 18.4. The Balaban J connectivity index is 3.37. The van der Waals surface area contributed by atoms with Crippen LogP contribution in [0.5, 0.6) is 0 Å².